The number of hydrogen-bond acceptors (Lipinski definition) is 7. The average molecular weight is 771 g/mol. The van der Waals surface area contributed by atoms with Crippen LogP contribution in [-0.2, 0) is 24.6 Å². The summed E-state index contributed by atoms with van der Waals surface area (Å²) in [5.41, 5.74) is 3.52. The number of fused-ring (bicyclic) bond motifs is 4. The molecule has 258 valence electrons. The second-order valence-electron chi connectivity index (χ2n) is 13.3. The van der Waals surface area contributed by atoms with Gasteiger partial charge in [-0.2, -0.15) is 5.01 Å². The minimum atomic E-state index is -1.63. The fraction of sp³-hybridized carbons (Fsp3) is 0.231. The Kier molecular flexibility index (Phi) is 8.03. The molecule has 0 bridgehead atoms. The van der Waals surface area contributed by atoms with Gasteiger partial charge in [-0.3, -0.25) is 29.5 Å². The number of nitrogens with zero attached hydrogens (tertiary/aromatic N) is 2. The maximum atomic E-state index is 15.2. The number of hydrazine groups is 1. The molecule has 4 aromatic carbocycles. The number of hydrogen-bond donors (Lipinski definition) is 2. The van der Waals surface area contributed by atoms with Crippen molar-refractivity contribution in [2.45, 2.75) is 24.2 Å². The number of imide groups is 2. The molecule has 6 unspecified atom stereocenters. The van der Waals surface area contributed by atoms with Crippen molar-refractivity contribution in [1.82, 2.24) is 5.01 Å². The highest BCUT2D eigenvalue weighted by Gasteiger charge is 2.70. The molecule has 0 aromatic heterocycles. The van der Waals surface area contributed by atoms with E-state index in [1.807, 2.05) is 6.08 Å². The normalized spacial score (nSPS) is 26.8. The highest BCUT2D eigenvalue weighted by Crippen LogP contribution is 2.65. The molecule has 12 heteroatoms. The van der Waals surface area contributed by atoms with Crippen LogP contribution in [-0.4, -0.2) is 40.9 Å². The molecule has 4 amide bonds. The summed E-state index contributed by atoms with van der Waals surface area (Å²) in [6.45, 7) is 0. The lowest BCUT2D eigenvalue weighted by molar-refractivity contribution is -0.138. The van der Waals surface area contributed by atoms with Gasteiger partial charge in [0.1, 0.15) is 17.3 Å². The SMILES string of the molecule is COc1ccc(O)c(C2C3=CCC4C(=O)N(c5ccc(Br)cc5)C(=O)C4C3CC3C(=O)N(Nc4ccc(F)cc4)C(=O)C32c2ccc(Cl)cc2)c1. The van der Waals surface area contributed by atoms with Gasteiger partial charge >= 0.3 is 0 Å². The number of anilines is 2. The Labute approximate surface area is 305 Å². The standard InChI is InChI=1S/C39H30BrClFN3O6/c1-51-26-14-17-32(46)30(18-26)34-27-15-16-28-33(37(49)44(35(28)47)25-12-4-21(40)5-13-25)29(27)19-31-36(48)45(43-24-10-8-23(42)9-11-24)38(50)39(31,34)20-2-6-22(41)7-3-20/h2-15,17-18,28-29,31,33-34,43,46H,16,19H2,1H3. The summed E-state index contributed by atoms with van der Waals surface area (Å²) in [4.78, 5) is 59.6. The lowest BCUT2D eigenvalue weighted by Gasteiger charge is -2.50. The van der Waals surface area contributed by atoms with E-state index in [9.17, 15) is 23.9 Å². The first-order valence-electron chi connectivity index (χ1n) is 16.4. The summed E-state index contributed by atoms with van der Waals surface area (Å²) in [5, 5.41) is 13.0. The fourth-order valence-corrected chi connectivity index (χ4v) is 9.13. The molecular formula is C39H30BrClFN3O6. The molecule has 6 atom stereocenters. The van der Waals surface area contributed by atoms with Crippen molar-refractivity contribution in [3.05, 3.63) is 129 Å². The Morgan fingerprint density at radius 2 is 1.61 bits per heavy atom. The van der Waals surface area contributed by atoms with Gasteiger partial charge in [0.05, 0.1) is 41.7 Å². The number of benzene rings is 4. The highest BCUT2D eigenvalue weighted by atomic mass is 79.9. The van der Waals surface area contributed by atoms with Gasteiger partial charge in [0.2, 0.25) is 11.8 Å². The van der Waals surface area contributed by atoms with Crippen LogP contribution >= 0.6 is 27.5 Å². The molecule has 9 nitrogen and oxygen atoms in total. The Morgan fingerprint density at radius 3 is 2.29 bits per heavy atom. The van der Waals surface area contributed by atoms with Crippen LogP contribution in [0.15, 0.2) is 107 Å². The van der Waals surface area contributed by atoms with Crippen molar-refractivity contribution < 1.29 is 33.4 Å². The van der Waals surface area contributed by atoms with Crippen molar-refractivity contribution in [3.63, 3.8) is 0 Å². The van der Waals surface area contributed by atoms with E-state index in [0.29, 0.717) is 38.8 Å². The first-order valence-corrected chi connectivity index (χ1v) is 17.6. The van der Waals surface area contributed by atoms with Crippen LogP contribution in [0.1, 0.15) is 29.9 Å². The molecule has 4 aliphatic rings. The summed E-state index contributed by atoms with van der Waals surface area (Å²) in [7, 11) is 1.49. The topological polar surface area (TPSA) is 116 Å². The first kappa shape index (κ1) is 33.2. The van der Waals surface area contributed by atoms with Crippen LogP contribution in [0.5, 0.6) is 11.5 Å². The highest BCUT2D eigenvalue weighted by molar-refractivity contribution is 9.10. The van der Waals surface area contributed by atoms with E-state index >= 15 is 4.79 Å². The zero-order chi connectivity index (χ0) is 35.8. The summed E-state index contributed by atoms with van der Waals surface area (Å²) in [6.07, 6.45) is 2.19. The number of nitrogens with one attached hydrogen (secondary N) is 1. The molecule has 0 radical (unpaired) electrons. The molecule has 51 heavy (non-hydrogen) atoms. The lowest BCUT2D eigenvalue weighted by Crippen LogP contribution is -2.53. The third-order valence-electron chi connectivity index (χ3n) is 10.9. The monoisotopic (exact) mass is 769 g/mol. The van der Waals surface area contributed by atoms with Gasteiger partial charge in [-0.05, 0) is 103 Å². The quantitative estimate of drug-likeness (QED) is 0.158. The second-order valence-corrected chi connectivity index (χ2v) is 14.6. The van der Waals surface area contributed by atoms with Gasteiger partial charge < -0.3 is 9.84 Å². The van der Waals surface area contributed by atoms with E-state index in [2.05, 4.69) is 21.4 Å². The van der Waals surface area contributed by atoms with Crippen molar-refractivity contribution in [2.24, 2.45) is 23.7 Å². The molecule has 2 aliphatic carbocycles. The van der Waals surface area contributed by atoms with Crippen LogP contribution in [0.3, 0.4) is 0 Å². The van der Waals surface area contributed by atoms with Crippen molar-refractivity contribution in [2.75, 3.05) is 17.4 Å². The number of carbonyl (C=O) groups is 4. The van der Waals surface area contributed by atoms with Crippen molar-refractivity contribution in [3.8, 4) is 11.5 Å². The summed E-state index contributed by atoms with van der Waals surface area (Å²) < 4.78 is 20.2. The number of phenolic OH excluding ortho intramolecular Hbond substituents is 1. The van der Waals surface area contributed by atoms with E-state index in [1.165, 1.54) is 42.3 Å². The van der Waals surface area contributed by atoms with Gasteiger partial charge in [-0.1, -0.05) is 51.3 Å². The molecule has 1 saturated carbocycles. The molecule has 2 aliphatic heterocycles. The van der Waals surface area contributed by atoms with Crippen molar-refractivity contribution >= 4 is 62.5 Å². The minimum absolute atomic E-state index is 0.0657. The summed E-state index contributed by atoms with van der Waals surface area (Å²) >= 11 is 9.76. The van der Waals surface area contributed by atoms with Gasteiger partial charge in [-0.15, -0.1) is 0 Å². The van der Waals surface area contributed by atoms with E-state index in [-0.39, 0.29) is 30.4 Å². The molecule has 2 saturated heterocycles. The van der Waals surface area contributed by atoms with E-state index in [4.69, 9.17) is 16.3 Å². The number of allylic oxidation sites excluding steroid dienone is 2. The fourth-order valence-electron chi connectivity index (χ4n) is 8.74. The molecule has 3 fully saturated rings. The average Bonchev–Trinajstić information content (AvgIpc) is 3.51. The smallest absolute Gasteiger partial charge is 0.260 e. The number of rotatable bonds is 6. The maximum absolute atomic E-state index is 15.2. The third kappa shape index (κ3) is 5.00. The van der Waals surface area contributed by atoms with Crippen LogP contribution < -0.4 is 15.1 Å². The largest absolute Gasteiger partial charge is 0.508 e. The Hall–Kier alpha value is -5.00. The van der Waals surface area contributed by atoms with Crippen LogP contribution in [0.4, 0.5) is 15.8 Å². The first-order chi connectivity index (χ1) is 24.5. The maximum Gasteiger partial charge on any atom is 0.260 e. The van der Waals surface area contributed by atoms with Gasteiger partial charge in [0.25, 0.3) is 11.8 Å². The number of carbonyl (C=O) groups excluding carboxylic acids is 4. The molecule has 2 N–H and O–H groups in total. The second kappa shape index (κ2) is 12.3. The zero-order valence-corrected chi connectivity index (χ0v) is 29.4. The van der Waals surface area contributed by atoms with Gasteiger partial charge in [0.15, 0.2) is 0 Å². The number of phenols is 1. The number of halogens is 3. The molecule has 8 rings (SSSR count). The van der Waals surface area contributed by atoms with E-state index < -0.39 is 52.6 Å². The molecule has 0 spiro atoms. The third-order valence-corrected chi connectivity index (χ3v) is 11.7. The Morgan fingerprint density at radius 1 is 0.902 bits per heavy atom. The number of amides is 4. The van der Waals surface area contributed by atoms with Gasteiger partial charge in [0, 0.05) is 21.0 Å². The molecule has 2 heterocycles. The van der Waals surface area contributed by atoms with Crippen LogP contribution in [0.2, 0.25) is 5.02 Å². The number of aromatic hydroxyl groups is 1. The minimum Gasteiger partial charge on any atom is -0.508 e. The summed E-state index contributed by atoms with van der Waals surface area (Å²) in [6, 6.07) is 23.6. The van der Waals surface area contributed by atoms with E-state index in [1.54, 1.807) is 60.7 Å². The predicted octanol–water partition coefficient (Wildman–Crippen LogP) is 7.15. The number of ether oxygens (including phenoxy) is 1. The number of methoxy groups -OCH3 is 1. The Bertz CT molecular complexity index is 2140. The Balaban J connectivity index is 1.34. The molecule has 4 aromatic rings. The van der Waals surface area contributed by atoms with Crippen LogP contribution in [0, 0.1) is 29.5 Å². The zero-order valence-electron chi connectivity index (χ0n) is 27.1. The van der Waals surface area contributed by atoms with Crippen LogP contribution in [0.25, 0.3) is 0 Å². The molecular weight excluding hydrogens is 741 g/mol. The van der Waals surface area contributed by atoms with E-state index in [0.717, 1.165) is 9.48 Å². The lowest BCUT2D eigenvalue weighted by atomic mass is 9.49. The van der Waals surface area contributed by atoms with Crippen molar-refractivity contribution in [1.29, 1.82) is 0 Å². The van der Waals surface area contributed by atoms with Gasteiger partial charge in [-0.25, -0.2) is 4.39 Å². The predicted molar refractivity (Wildman–Crippen MR) is 190 cm³/mol. The summed E-state index contributed by atoms with van der Waals surface area (Å²) in [5.74, 6) is -6.24.